The van der Waals surface area contributed by atoms with Crippen molar-refractivity contribution in [2.24, 2.45) is 0 Å². The molecule has 2 heterocycles. The van der Waals surface area contributed by atoms with Gasteiger partial charge in [-0.05, 0) is 48.4 Å². The number of rotatable bonds is 7. The molecule has 1 amide bonds. The molecule has 1 fully saturated rings. The van der Waals surface area contributed by atoms with Gasteiger partial charge in [0.25, 0.3) is 0 Å². The van der Waals surface area contributed by atoms with Crippen molar-refractivity contribution in [1.29, 1.82) is 0 Å². The van der Waals surface area contributed by atoms with Gasteiger partial charge in [-0.1, -0.05) is 23.1 Å². The summed E-state index contributed by atoms with van der Waals surface area (Å²) < 4.78 is 8.26. The zero-order chi connectivity index (χ0) is 17.2. The Morgan fingerprint density at radius 1 is 1.48 bits per heavy atom. The highest BCUT2D eigenvalue weighted by atomic mass is 32.2. The van der Waals surface area contributed by atoms with Crippen LogP contribution >= 0.6 is 23.1 Å². The van der Waals surface area contributed by atoms with Crippen LogP contribution < -0.4 is 10.1 Å². The number of benzene rings is 1. The van der Waals surface area contributed by atoms with Gasteiger partial charge >= 0.3 is 0 Å². The predicted octanol–water partition coefficient (Wildman–Crippen LogP) is 2.75. The molecule has 3 aromatic rings. The number of fused-ring (bicyclic) bond motifs is 1. The number of carbonyl (C=O) groups excluding carboxylic acids is 1. The number of nitrogens with zero attached hydrogens (tertiary/aromatic N) is 5. The van der Waals surface area contributed by atoms with Crippen molar-refractivity contribution in [3.05, 3.63) is 18.2 Å². The largest absolute Gasteiger partial charge is 0.494 e. The summed E-state index contributed by atoms with van der Waals surface area (Å²) in [7, 11) is 0. The van der Waals surface area contributed by atoms with Gasteiger partial charge in [0.1, 0.15) is 5.75 Å². The molecule has 0 unspecified atom stereocenters. The minimum absolute atomic E-state index is 0.126. The van der Waals surface area contributed by atoms with E-state index in [-0.39, 0.29) is 11.7 Å². The average molecular weight is 376 g/mol. The molecule has 1 saturated carbocycles. The van der Waals surface area contributed by atoms with Crippen LogP contribution in [0.1, 0.15) is 25.8 Å². The van der Waals surface area contributed by atoms with E-state index >= 15 is 0 Å². The Kier molecular flexibility index (Phi) is 4.53. The Morgan fingerprint density at radius 3 is 3.16 bits per heavy atom. The topological polar surface area (TPSA) is 94.8 Å². The van der Waals surface area contributed by atoms with E-state index in [4.69, 9.17) is 4.74 Å². The molecule has 1 aliphatic rings. The second-order valence-electron chi connectivity index (χ2n) is 5.56. The van der Waals surface area contributed by atoms with Crippen molar-refractivity contribution in [3.8, 4) is 5.75 Å². The number of ether oxygens (including phenoxy) is 1. The Bertz CT molecular complexity index is 904. The summed E-state index contributed by atoms with van der Waals surface area (Å²) in [6.45, 7) is 2.56. The van der Waals surface area contributed by atoms with Crippen LogP contribution in [0, 0.1) is 0 Å². The van der Waals surface area contributed by atoms with Crippen LogP contribution in [-0.4, -0.2) is 43.5 Å². The number of nitrogens with one attached hydrogen (secondary N) is 1. The van der Waals surface area contributed by atoms with Crippen LogP contribution in [0.5, 0.6) is 5.75 Å². The van der Waals surface area contributed by atoms with Gasteiger partial charge in [-0.25, -0.2) is 9.67 Å². The first kappa shape index (κ1) is 16.3. The molecule has 0 radical (unpaired) electrons. The van der Waals surface area contributed by atoms with E-state index in [0.717, 1.165) is 28.8 Å². The molecular formula is C15H16N6O2S2. The van der Waals surface area contributed by atoms with Crippen molar-refractivity contribution in [1.82, 2.24) is 25.2 Å². The second-order valence-corrected chi connectivity index (χ2v) is 7.53. The number of thioether (sulfide) groups is 1. The van der Waals surface area contributed by atoms with Crippen molar-refractivity contribution in [2.45, 2.75) is 31.0 Å². The first-order chi connectivity index (χ1) is 12.2. The van der Waals surface area contributed by atoms with Crippen molar-refractivity contribution in [2.75, 3.05) is 17.7 Å². The normalized spacial score (nSPS) is 14.0. The summed E-state index contributed by atoms with van der Waals surface area (Å²) in [6, 6.07) is 6.10. The van der Waals surface area contributed by atoms with Gasteiger partial charge in [0.05, 0.1) is 28.6 Å². The number of anilines is 1. The Labute approximate surface area is 152 Å². The van der Waals surface area contributed by atoms with E-state index in [1.807, 2.05) is 25.1 Å². The molecule has 10 heteroatoms. The van der Waals surface area contributed by atoms with Crippen LogP contribution in [0.4, 0.5) is 5.13 Å². The van der Waals surface area contributed by atoms with E-state index in [2.05, 4.69) is 25.8 Å². The zero-order valence-corrected chi connectivity index (χ0v) is 15.1. The van der Waals surface area contributed by atoms with Gasteiger partial charge in [-0.2, -0.15) is 0 Å². The SMILES string of the molecule is CCOc1ccc2nc(NC(=O)CSc3nnnn3C3CC3)sc2c1. The number of amides is 1. The number of hydrogen-bond acceptors (Lipinski definition) is 8. The molecule has 1 N–H and O–H groups in total. The highest BCUT2D eigenvalue weighted by molar-refractivity contribution is 7.99. The van der Waals surface area contributed by atoms with Gasteiger partial charge in [0.2, 0.25) is 11.1 Å². The summed E-state index contributed by atoms with van der Waals surface area (Å²) in [5.74, 6) is 0.922. The number of aromatic nitrogens is 5. The fourth-order valence-electron chi connectivity index (χ4n) is 2.33. The lowest BCUT2D eigenvalue weighted by molar-refractivity contribution is -0.113. The molecule has 0 saturated heterocycles. The summed E-state index contributed by atoms with van der Waals surface area (Å²) >= 11 is 2.77. The van der Waals surface area contributed by atoms with Gasteiger partial charge in [0.15, 0.2) is 5.13 Å². The maximum absolute atomic E-state index is 12.2. The molecular weight excluding hydrogens is 360 g/mol. The number of hydrogen-bond donors (Lipinski definition) is 1. The first-order valence-electron chi connectivity index (χ1n) is 7.97. The summed E-state index contributed by atoms with van der Waals surface area (Å²) in [4.78, 5) is 16.6. The molecule has 1 aromatic carbocycles. The highest BCUT2D eigenvalue weighted by Gasteiger charge is 2.28. The molecule has 1 aliphatic carbocycles. The van der Waals surface area contributed by atoms with Crippen LogP contribution in [-0.2, 0) is 4.79 Å². The summed E-state index contributed by atoms with van der Waals surface area (Å²) in [6.07, 6.45) is 2.19. The van der Waals surface area contributed by atoms with Crippen molar-refractivity contribution >= 4 is 44.4 Å². The highest BCUT2D eigenvalue weighted by Crippen LogP contribution is 2.36. The molecule has 4 rings (SSSR count). The average Bonchev–Trinajstić information content (AvgIpc) is 3.19. The van der Waals surface area contributed by atoms with Gasteiger partial charge < -0.3 is 10.1 Å². The quantitative estimate of drug-likeness (QED) is 0.634. The standard InChI is InChI=1S/C15H16N6O2S2/c1-2-23-10-5-6-11-12(7-10)25-14(16-11)17-13(22)8-24-15-18-19-20-21(15)9-3-4-9/h5-7,9H,2-4,8H2,1H3,(H,16,17,22). The van der Waals surface area contributed by atoms with E-state index in [9.17, 15) is 4.79 Å². The lowest BCUT2D eigenvalue weighted by Gasteiger charge is -2.02. The number of tetrazole rings is 1. The van der Waals surface area contributed by atoms with E-state index < -0.39 is 0 Å². The van der Waals surface area contributed by atoms with Crippen LogP contribution in [0.15, 0.2) is 23.4 Å². The fraction of sp³-hybridized carbons (Fsp3) is 0.400. The Hall–Kier alpha value is -2.20. The molecule has 2 aromatic heterocycles. The summed E-state index contributed by atoms with van der Waals surface area (Å²) in [5, 5.41) is 15.7. The van der Waals surface area contributed by atoms with Gasteiger partial charge in [-0.15, -0.1) is 5.10 Å². The zero-order valence-electron chi connectivity index (χ0n) is 13.5. The molecule has 130 valence electrons. The van der Waals surface area contributed by atoms with Crippen LogP contribution in [0.3, 0.4) is 0 Å². The number of carbonyl (C=O) groups is 1. The lowest BCUT2D eigenvalue weighted by Crippen LogP contribution is -2.14. The monoisotopic (exact) mass is 376 g/mol. The molecule has 0 atom stereocenters. The van der Waals surface area contributed by atoms with Crippen molar-refractivity contribution < 1.29 is 9.53 Å². The van der Waals surface area contributed by atoms with E-state index in [0.29, 0.717) is 22.9 Å². The van der Waals surface area contributed by atoms with Crippen molar-refractivity contribution in [3.63, 3.8) is 0 Å². The molecule has 25 heavy (non-hydrogen) atoms. The van der Waals surface area contributed by atoms with Crippen LogP contribution in [0.25, 0.3) is 10.2 Å². The maximum Gasteiger partial charge on any atom is 0.236 e. The third-order valence-electron chi connectivity index (χ3n) is 3.60. The van der Waals surface area contributed by atoms with E-state index in [1.165, 1.54) is 23.1 Å². The smallest absolute Gasteiger partial charge is 0.236 e. The maximum atomic E-state index is 12.2. The minimum atomic E-state index is -0.126. The lowest BCUT2D eigenvalue weighted by atomic mass is 10.3. The third-order valence-corrected chi connectivity index (χ3v) is 5.47. The van der Waals surface area contributed by atoms with E-state index in [1.54, 1.807) is 4.68 Å². The molecule has 0 bridgehead atoms. The second kappa shape index (κ2) is 6.96. The minimum Gasteiger partial charge on any atom is -0.494 e. The first-order valence-corrected chi connectivity index (χ1v) is 9.77. The Balaban J connectivity index is 1.38. The summed E-state index contributed by atoms with van der Waals surface area (Å²) in [5.41, 5.74) is 0.842. The number of thiazole rings is 1. The van der Waals surface area contributed by atoms with Gasteiger partial charge in [-0.3, -0.25) is 4.79 Å². The predicted molar refractivity (Wildman–Crippen MR) is 96.2 cm³/mol. The molecule has 0 spiro atoms. The molecule has 8 nitrogen and oxygen atoms in total. The van der Waals surface area contributed by atoms with Crippen LogP contribution in [0.2, 0.25) is 0 Å². The molecule has 0 aliphatic heterocycles. The Morgan fingerprint density at radius 2 is 2.36 bits per heavy atom. The fourth-order valence-corrected chi connectivity index (χ4v) is 3.98. The third kappa shape index (κ3) is 3.74. The van der Waals surface area contributed by atoms with Gasteiger partial charge in [0, 0.05) is 0 Å².